The summed E-state index contributed by atoms with van der Waals surface area (Å²) >= 11 is -1.11. The first kappa shape index (κ1) is 64.8. The van der Waals surface area contributed by atoms with Crippen molar-refractivity contribution in [3.8, 4) is 5.75 Å². The molecule has 11 atom stereocenters. The van der Waals surface area contributed by atoms with Crippen molar-refractivity contribution in [2.24, 2.45) is 17.6 Å². The second kappa shape index (κ2) is 29.8. The van der Waals surface area contributed by atoms with Crippen molar-refractivity contribution in [2.75, 3.05) is 57.9 Å². The standard InChI is InChI=1S/C52H72N12O17S2/c1-5-25(2)43-49(77)56-19-39(70)57-33-24-83(80)51-29(28-9-10-36(81-4)30(45(28)62-51)23-82-15-13-54-38(69)8-6-7-14-63-41(72)11-12-42(63)73)17-31(46(74)55-20-40(71)60-43)58-50(78)44(26(3)35(67)22-65)61-48(76)34-16-27(66)21-64(34)52(79)32(18-37(53)68)59-47(33)75/h9-12,25-27,31-35,43-44,62,65-67H,5-8,13-24H2,1-4H3,(H2,53,68)(H,54,69)(H,55,74)(H,56,77)(H,57,70)(H,58,78)(H,59,75)(H,60,71)(H,61,76)/t25-,26-,27+,31-,32-,33-,34-,35-,43-,44-,83?/m0/s1. The van der Waals surface area contributed by atoms with E-state index in [1.54, 1.807) is 26.0 Å². The Morgan fingerprint density at radius 2 is 1.57 bits per heavy atom. The maximum Gasteiger partial charge on any atom is 0.253 e. The van der Waals surface area contributed by atoms with Crippen LogP contribution in [-0.2, 0) is 80.9 Å². The maximum atomic E-state index is 15.3. The minimum Gasteiger partial charge on any atom is -0.610 e. The average molecular weight is 1200 g/mol. The Hall–Kier alpha value is -7.32. The van der Waals surface area contributed by atoms with E-state index >= 15 is 4.55 Å². The molecule has 1 fully saturated rings. The van der Waals surface area contributed by atoms with E-state index < -0.39 is 188 Å². The van der Waals surface area contributed by atoms with Gasteiger partial charge in [-0.15, -0.1) is 0 Å². The number of primary amides is 1. The Morgan fingerprint density at radius 1 is 0.880 bits per heavy atom. The highest BCUT2D eigenvalue weighted by atomic mass is 32.2. The van der Waals surface area contributed by atoms with Gasteiger partial charge in [-0.2, -0.15) is 11.8 Å². The van der Waals surface area contributed by atoms with Crippen molar-refractivity contribution in [1.29, 1.82) is 0 Å². The molecule has 31 heteroatoms. The summed E-state index contributed by atoms with van der Waals surface area (Å²) in [6, 6.07) is -7.08. The second-order valence-electron chi connectivity index (χ2n) is 20.6. The van der Waals surface area contributed by atoms with Crippen LogP contribution < -0.4 is 53.0 Å². The Bertz CT molecular complexity index is 2830. The molecule has 0 spiro atoms. The largest absolute Gasteiger partial charge is 0.610 e. The number of thioether (sulfide) groups is 1. The number of nitrogens with two attached hydrogens (primary N) is 1. The number of fused-ring (bicyclic) bond motifs is 5. The number of methoxy groups -OCH3 is 1. The van der Waals surface area contributed by atoms with Crippen LogP contribution in [0.5, 0.6) is 5.75 Å². The molecule has 1 unspecified atom stereocenters. The van der Waals surface area contributed by atoms with Crippen molar-refractivity contribution < 1.29 is 82.1 Å². The monoisotopic (exact) mass is 1200 g/mol. The molecule has 4 aliphatic rings. The molecule has 2 aromatic rings. The van der Waals surface area contributed by atoms with Crippen LogP contribution in [0.2, 0.25) is 0 Å². The van der Waals surface area contributed by atoms with Crippen molar-refractivity contribution in [1.82, 2.24) is 57.3 Å². The lowest BCUT2D eigenvalue weighted by molar-refractivity contribution is -0.144. The number of H-pyrrole nitrogens is 1. The van der Waals surface area contributed by atoms with Crippen LogP contribution in [0.4, 0.5) is 0 Å². The minimum absolute atomic E-state index is 0.0809. The van der Waals surface area contributed by atoms with Gasteiger partial charge in [-0.05, 0) is 30.9 Å². The Kier molecular flexibility index (Phi) is 23.3. The molecule has 0 saturated carbocycles. The topological polar surface area (TPSA) is 442 Å². The number of amides is 12. The summed E-state index contributed by atoms with van der Waals surface area (Å²) in [5.74, 6) is -12.4. The van der Waals surface area contributed by atoms with Gasteiger partial charge in [0.2, 0.25) is 64.1 Å². The highest BCUT2D eigenvalue weighted by Crippen LogP contribution is 2.37. The summed E-state index contributed by atoms with van der Waals surface area (Å²) in [4.78, 5) is 168. The maximum absolute atomic E-state index is 15.3. The van der Waals surface area contributed by atoms with E-state index in [0.29, 0.717) is 41.7 Å². The Labute approximate surface area is 484 Å². The van der Waals surface area contributed by atoms with Gasteiger partial charge in [-0.1, -0.05) is 27.2 Å². The first-order chi connectivity index (χ1) is 39.5. The molecule has 6 rings (SSSR count). The van der Waals surface area contributed by atoms with Gasteiger partial charge in [0.25, 0.3) is 11.8 Å². The van der Waals surface area contributed by atoms with Crippen molar-refractivity contribution in [3.05, 3.63) is 35.4 Å². The summed E-state index contributed by atoms with van der Waals surface area (Å²) < 4.78 is 21.0. The smallest absolute Gasteiger partial charge is 0.253 e. The zero-order valence-electron chi connectivity index (χ0n) is 46.2. The number of rotatable bonds is 18. The quantitative estimate of drug-likeness (QED) is 0.0377. The fraction of sp³-hybridized carbons (Fsp3) is 0.577. The lowest BCUT2D eigenvalue weighted by Gasteiger charge is -2.32. The molecular weight excluding hydrogens is 1130 g/mol. The lowest BCUT2D eigenvalue weighted by atomic mass is 9.93. The summed E-state index contributed by atoms with van der Waals surface area (Å²) in [6.07, 6.45) is -1.28. The number of imide groups is 1. The third-order valence-electron chi connectivity index (χ3n) is 14.8. The minimum atomic E-state index is -2.47. The SMILES string of the molecule is CC[C@H](C)[C@@H]1NC(=O)CNC(=O)[C@@H]2Cc3c([nH]c4c(CSCCNC(=O)CCCCN5C(=O)C=CC5=O)c(OC)ccc34)[S+]([O-])C[C@H](NC(=O)CNC1=O)C(=O)N[C@@H](CC(N)=O)C(=O)N1C[C@H](O)C[C@H]1C(=O)N[C@@H]([C@@H](C)[C@@H](O)CO)C(=O)N2. The molecule has 454 valence electrons. The van der Waals surface area contributed by atoms with Crippen LogP contribution in [0.25, 0.3) is 10.9 Å². The number of benzene rings is 1. The number of hydrogen-bond donors (Lipinski definition) is 13. The number of aliphatic hydroxyl groups is 3. The van der Waals surface area contributed by atoms with Crippen LogP contribution in [0, 0.1) is 11.8 Å². The molecule has 2 bridgehead atoms. The van der Waals surface area contributed by atoms with Gasteiger partial charge < -0.3 is 82.8 Å². The van der Waals surface area contributed by atoms with Gasteiger partial charge in [0.1, 0.15) is 41.7 Å². The van der Waals surface area contributed by atoms with E-state index in [2.05, 4.69) is 47.5 Å². The summed E-state index contributed by atoms with van der Waals surface area (Å²) in [7, 11) is 1.40. The first-order valence-corrected chi connectivity index (χ1v) is 29.5. The number of aromatic nitrogens is 1. The second-order valence-corrected chi connectivity index (χ2v) is 23.1. The Morgan fingerprint density at radius 3 is 2.23 bits per heavy atom. The van der Waals surface area contributed by atoms with Gasteiger partial charge in [-0.25, -0.2) is 0 Å². The van der Waals surface area contributed by atoms with E-state index in [0.717, 1.165) is 9.80 Å². The molecule has 12 amide bonds. The predicted octanol–water partition coefficient (Wildman–Crippen LogP) is -5.17. The number of unbranched alkanes of at least 4 members (excludes halogenated alkanes) is 1. The fourth-order valence-electron chi connectivity index (χ4n) is 9.88. The first-order valence-electron chi connectivity index (χ1n) is 27.0. The zero-order chi connectivity index (χ0) is 60.8. The van der Waals surface area contributed by atoms with Crippen LogP contribution in [0.15, 0.2) is 29.3 Å². The third-order valence-corrected chi connectivity index (χ3v) is 17.2. The zero-order valence-corrected chi connectivity index (χ0v) is 47.9. The third kappa shape index (κ3) is 16.7. The molecule has 1 saturated heterocycles. The van der Waals surface area contributed by atoms with Gasteiger partial charge >= 0.3 is 0 Å². The van der Waals surface area contributed by atoms with Crippen LogP contribution in [0.1, 0.15) is 70.4 Å². The Balaban J connectivity index is 1.45. The number of hydrogen-bond acceptors (Lipinski definition) is 18. The van der Waals surface area contributed by atoms with E-state index in [-0.39, 0.29) is 47.3 Å². The number of aromatic amines is 1. The van der Waals surface area contributed by atoms with Crippen LogP contribution in [0.3, 0.4) is 0 Å². The van der Waals surface area contributed by atoms with Crippen LogP contribution >= 0.6 is 11.8 Å². The van der Waals surface area contributed by atoms with Crippen molar-refractivity contribution in [2.45, 2.75) is 125 Å². The normalized spacial score (nSPS) is 25.4. The molecule has 0 aliphatic carbocycles. The summed E-state index contributed by atoms with van der Waals surface area (Å²) in [5, 5.41) is 52.2. The highest BCUT2D eigenvalue weighted by Gasteiger charge is 2.45. The molecule has 14 N–H and O–H groups in total. The van der Waals surface area contributed by atoms with E-state index in [1.807, 2.05) is 0 Å². The summed E-state index contributed by atoms with van der Waals surface area (Å²) in [5.41, 5.74) is 6.42. The fourth-order valence-corrected chi connectivity index (χ4v) is 12.2. The summed E-state index contributed by atoms with van der Waals surface area (Å²) in [6.45, 7) is 2.01. The van der Waals surface area contributed by atoms with Gasteiger partial charge in [0, 0.05) is 96.2 Å². The number of ether oxygens (including phenoxy) is 1. The molecule has 5 heterocycles. The highest BCUT2D eigenvalue weighted by molar-refractivity contribution is 7.98. The number of carbonyl (C=O) groups excluding carboxylic acids is 12. The number of nitrogens with one attached hydrogen (secondary N) is 9. The molecule has 83 heavy (non-hydrogen) atoms. The number of carbonyl (C=O) groups is 12. The molecule has 1 aromatic heterocycles. The average Bonchev–Trinajstić information content (AvgIpc) is 2.93. The molecule has 29 nitrogen and oxygen atoms in total. The molecular formula is C52H72N12O17S2. The van der Waals surface area contributed by atoms with Gasteiger partial charge in [-0.3, -0.25) is 62.4 Å². The molecule has 4 aliphatic heterocycles. The van der Waals surface area contributed by atoms with E-state index in [1.165, 1.54) is 37.9 Å². The van der Waals surface area contributed by atoms with Crippen molar-refractivity contribution >= 4 is 105 Å². The predicted molar refractivity (Wildman–Crippen MR) is 296 cm³/mol. The van der Waals surface area contributed by atoms with Gasteiger partial charge in [0.15, 0.2) is 6.04 Å². The number of aliphatic hydroxyl groups excluding tert-OH is 3. The van der Waals surface area contributed by atoms with Crippen molar-refractivity contribution in [3.63, 3.8) is 0 Å². The molecule has 0 radical (unpaired) electrons. The van der Waals surface area contributed by atoms with E-state index in [9.17, 15) is 72.9 Å². The van der Waals surface area contributed by atoms with Crippen LogP contribution in [-0.4, -0.2) is 212 Å². The lowest BCUT2D eigenvalue weighted by Crippen LogP contribution is -2.62. The number of nitrogens with zero attached hydrogens (tertiary/aromatic N) is 2. The van der Waals surface area contributed by atoms with E-state index in [4.69, 9.17) is 10.5 Å². The molecule has 1 aromatic carbocycles. The van der Waals surface area contributed by atoms with Gasteiger partial charge in [0.05, 0.1) is 51.0 Å².